The third-order valence-corrected chi connectivity index (χ3v) is 4.35. The third-order valence-electron chi connectivity index (χ3n) is 3.86. The van der Waals surface area contributed by atoms with Gasteiger partial charge in [-0.05, 0) is 43.0 Å². The van der Waals surface area contributed by atoms with Crippen LogP contribution in [0.2, 0.25) is 0 Å². The molecule has 0 unspecified atom stereocenters. The highest BCUT2D eigenvalue weighted by Crippen LogP contribution is 2.34. The summed E-state index contributed by atoms with van der Waals surface area (Å²) in [4.78, 5) is 11.4. The summed E-state index contributed by atoms with van der Waals surface area (Å²) in [5.41, 5.74) is 4.09. The standard InChI is InChI=1S/C15H16BrNO2/c1-19-15(18)7-8-17-13-4-2-3-11(13)12-9-10(16)5-6-14(12)17/h5-6,9H,2-4,7-8H2,1H3. The highest BCUT2D eigenvalue weighted by atomic mass is 79.9. The summed E-state index contributed by atoms with van der Waals surface area (Å²) in [7, 11) is 1.44. The average molecular weight is 322 g/mol. The van der Waals surface area contributed by atoms with Crippen LogP contribution in [0.1, 0.15) is 24.1 Å². The first-order valence-corrected chi connectivity index (χ1v) is 7.36. The fourth-order valence-electron chi connectivity index (χ4n) is 3.01. The van der Waals surface area contributed by atoms with Crippen LogP contribution in [-0.2, 0) is 28.9 Å². The summed E-state index contributed by atoms with van der Waals surface area (Å²) in [5, 5.41) is 1.33. The molecule has 0 saturated heterocycles. The van der Waals surface area contributed by atoms with Gasteiger partial charge in [-0.15, -0.1) is 0 Å². The topological polar surface area (TPSA) is 31.2 Å². The highest BCUT2D eigenvalue weighted by molar-refractivity contribution is 9.10. The molecule has 0 N–H and O–H groups in total. The largest absolute Gasteiger partial charge is 0.469 e. The lowest BCUT2D eigenvalue weighted by Crippen LogP contribution is -2.08. The SMILES string of the molecule is COC(=O)CCn1c2c(c3cc(Br)ccc31)CCC2. The predicted octanol–water partition coefficient (Wildman–Crippen LogP) is 3.46. The van der Waals surface area contributed by atoms with Gasteiger partial charge in [0.25, 0.3) is 0 Å². The molecule has 1 heterocycles. The molecule has 0 amide bonds. The zero-order chi connectivity index (χ0) is 13.4. The maximum absolute atomic E-state index is 11.4. The molecule has 0 fully saturated rings. The van der Waals surface area contributed by atoms with Crippen molar-refractivity contribution in [2.24, 2.45) is 0 Å². The molecule has 4 heteroatoms. The van der Waals surface area contributed by atoms with Gasteiger partial charge in [0.2, 0.25) is 0 Å². The zero-order valence-electron chi connectivity index (χ0n) is 10.9. The summed E-state index contributed by atoms with van der Waals surface area (Å²) < 4.78 is 8.14. The Hall–Kier alpha value is -1.29. The molecular formula is C15H16BrNO2. The fraction of sp³-hybridized carbons (Fsp3) is 0.400. The molecule has 0 atom stereocenters. The van der Waals surface area contributed by atoms with E-state index in [9.17, 15) is 4.79 Å². The van der Waals surface area contributed by atoms with E-state index in [1.54, 1.807) is 0 Å². The quantitative estimate of drug-likeness (QED) is 0.811. The normalized spacial score (nSPS) is 13.8. The molecule has 3 rings (SSSR count). The highest BCUT2D eigenvalue weighted by Gasteiger charge is 2.21. The van der Waals surface area contributed by atoms with Crippen LogP contribution in [0.15, 0.2) is 22.7 Å². The Morgan fingerprint density at radius 1 is 1.42 bits per heavy atom. The third kappa shape index (κ3) is 2.18. The van der Waals surface area contributed by atoms with E-state index >= 15 is 0 Å². The van der Waals surface area contributed by atoms with Crippen LogP contribution in [0.4, 0.5) is 0 Å². The molecule has 0 radical (unpaired) electrons. The van der Waals surface area contributed by atoms with Crippen molar-refractivity contribution in [2.75, 3.05) is 7.11 Å². The number of ether oxygens (including phenoxy) is 1. The number of carbonyl (C=O) groups excluding carboxylic acids is 1. The minimum atomic E-state index is -0.147. The number of methoxy groups -OCH3 is 1. The van der Waals surface area contributed by atoms with Crippen LogP contribution in [0.3, 0.4) is 0 Å². The molecule has 1 aromatic carbocycles. The number of rotatable bonds is 3. The number of fused-ring (bicyclic) bond motifs is 3. The lowest BCUT2D eigenvalue weighted by molar-refractivity contribution is -0.140. The Kier molecular flexibility index (Phi) is 3.35. The van der Waals surface area contributed by atoms with Gasteiger partial charge in [-0.25, -0.2) is 0 Å². The molecule has 2 aromatic rings. The second kappa shape index (κ2) is 5.00. The first-order chi connectivity index (χ1) is 9.20. The molecule has 19 heavy (non-hydrogen) atoms. The number of aromatic nitrogens is 1. The van der Waals surface area contributed by atoms with Gasteiger partial charge >= 0.3 is 5.97 Å². The van der Waals surface area contributed by atoms with Crippen molar-refractivity contribution in [3.8, 4) is 0 Å². The van der Waals surface area contributed by atoms with Gasteiger partial charge in [-0.3, -0.25) is 4.79 Å². The van der Waals surface area contributed by atoms with Crippen LogP contribution in [-0.4, -0.2) is 17.6 Å². The fourth-order valence-corrected chi connectivity index (χ4v) is 3.37. The molecule has 1 aromatic heterocycles. The summed E-state index contributed by atoms with van der Waals surface area (Å²) in [6.07, 6.45) is 3.91. The predicted molar refractivity (Wildman–Crippen MR) is 78.3 cm³/mol. The summed E-state index contributed by atoms with van der Waals surface area (Å²) >= 11 is 3.54. The molecule has 100 valence electrons. The van der Waals surface area contributed by atoms with Gasteiger partial charge in [-0.1, -0.05) is 15.9 Å². The van der Waals surface area contributed by atoms with E-state index in [0.29, 0.717) is 13.0 Å². The van der Waals surface area contributed by atoms with Crippen molar-refractivity contribution >= 4 is 32.8 Å². The summed E-state index contributed by atoms with van der Waals surface area (Å²) in [6, 6.07) is 6.38. The minimum Gasteiger partial charge on any atom is -0.469 e. The molecule has 1 aliphatic carbocycles. The average Bonchev–Trinajstić information content (AvgIpc) is 2.97. The van der Waals surface area contributed by atoms with Crippen molar-refractivity contribution < 1.29 is 9.53 Å². The molecule has 0 saturated carbocycles. The molecule has 0 spiro atoms. The van der Waals surface area contributed by atoms with Gasteiger partial charge in [0.15, 0.2) is 0 Å². The zero-order valence-corrected chi connectivity index (χ0v) is 12.5. The number of carbonyl (C=O) groups is 1. The van der Waals surface area contributed by atoms with E-state index in [1.807, 2.05) is 0 Å². The van der Waals surface area contributed by atoms with Crippen molar-refractivity contribution in [3.63, 3.8) is 0 Å². The van der Waals surface area contributed by atoms with E-state index < -0.39 is 0 Å². The van der Waals surface area contributed by atoms with Crippen LogP contribution < -0.4 is 0 Å². The number of esters is 1. The van der Waals surface area contributed by atoms with Crippen LogP contribution in [0, 0.1) is 0 Å². The van der Waals surface area contributed by atoms with Crippen molar-refractivity contribution in [3.05, 3.63) is 33.9 Å². The van der Waals surface area contributed by atoms with Crippen LogP contribution in [0.25, 0.3) is 10.9 Å². The number of aryl methyl sites for hydroxylation is 2. The van der Waals surface area contributed by atoms with E-state index in [1.165, 1.54) is 35.7 Å². The number of nitrogens with zero attached hydrogens (tertiary/aromatic N) is 1. The summed E-state index contributed by atoms with van der Waals surface area (Å²) in [6.45, 7) is 0.708. The van der Waals surface area contributed by atoms with Crippen molar-refractivity contribution in [1.82, 2.24) is 4.57 Å². The van der Waals surface area contributed by atoms with E-state index in [0.717, 1.165) is 17.3 Å². The minimum absolute atomic E-state index is 0.147. The summed E-state index contributed by atoms with van der Waals surface area (Å²) in [5.74, 6) is -0.147. The van der Waals surface area contributed by atoms with Gasteiger partial charge < -0.3 is 9.30 Å². The number of hydrogen-bond acceptors (Lipinski definition) is 2. The van der Waals surface area contributed by atoms with Crippen molar-refractivity contribution in [1.29, 1.82) is 0 Å². The van der Waals surface area contributed by atoms with Crippen molar-refractivity contribution in [2.45, 2.75) is 32.2 Å². The maximum Gasteiger partial charge on any atom is 0.307 e. The van der Waals surface area contributed by atoms with Gasteiger partial charge in [0.1, 0.15) is 0 Å². The Morgan fingerprint density at radius 3 is 3.05 bits per heavy atom. The monoisotopic (exact) mass is 321 g/mol. The molecular weight excluding hydrogens is 306 g/mol. The molecule has 0 aliphatic heterocycles. The van der Waals surface area contributed by atoms with E-state index in [2.05, 4.69) is 38.7 Å². The maximum atomic E-state index is 11.4. The first kappa shape index (κ1) is 12.7. The molecule has 3 nitrogen and oxygen atoms in total. The number of benzene rings is 1. The lowest BCUT2D eigenvalue weighted by Gasteiger charge is -2.08. The number of hydrogen-bond donors (Lipinski definition) is 0. The Balaban J connectivity index is 2.05. The Bertz CT molecular complexity index is 645. The smallest absolute Gasteiger partial charge is 0.307 e. The van der Waals surface area contributed by atoms with E-state index in [4.69, 9.17) is 4.74 Å². The molecule has 1 aliphatic rings. The second-order valence-corrected chi connectivity index (χ2v) is 5.83. The molecule has 0 bridgehead atoms. The first-order valence-electron chi connectivity index (χ1n) is 6.57. The Morgan fingerprint density at radius 2 is 2.26 bits per heavy atom. The van der Waals surface area contributed by atoms with E-state index in [-0.39, 0.29) is 5.97 Å². The van der Waals surface area contributed by atoms with Gasteiger partial charge in [0, 0.05) is 27.6 Å². The van der Waals surface area contributed by atoms with Crippen LogP contribution in [0.5, 0.6) is 0 Å². The van der Waals surface area contributed by atoms with Gasteiger partial charge in [0.05, 0.1) is 13.5 Å². The Labute approximate surface area is 120 Å². The van der Waals surface area contributed by atoms with Gasteiger partial charge in [-0.2, -0.15) is 0 Å². The number of halogens is 1. The van der Waals surface area contributed by atoms with Crippen LogP contribution >= 0.6 is 15.9 Å². The lowest BCUT2D eigenvalue weighted by atomic mass is 10.1. The second-order valence-electron chi connectivity index (χ2n) is 4.92.